The molecule has 9 rings (SSSR count). The number of aromatic nitrogens is 3. The molecule has 0 atom stereocenters. The summed E-state index contributed by atoms with van der Waals surface area (Å²) >= 11 is 0. The summed E-state index contributed by atoms with van der Waals surface area (Å²) in [5.41, 5.74) is 17.5. The van der Waals surface area contributed by atoms with Crippen LogP contribution in [-0.4, -0.2) is 19.6 Å². The number of phenols is 1. The van der Waals surface area contributed by atoms with Crippen molar-refractivity contribution in [1.82, 2.24) is 14.5 Å². The minimum absolute atomic E-state index is 0. The van der Waals surface area contributed by atoms with E-state index in [2.05, 4.69) is 141 Å². The molecule has 4 nitrogen and oxygen atoms in total. The summed E-state index contributed by atoms with van der Waals surface area (Å²) in [6, 6.07) is 56.2. The Kier molecular flexibility index (Phi) is 12.0. The molecule has 0 fully saturated rings. The van der Waals surface area contributed by atoms with Gasteiger partial charge in [-0.05, 0) is 111 Å². The van der Waals surface area contributed by atoms with Crippen LogP contribution in [0.1, 0.15) is 90.8 Å². The summed E-state index contributed by atoms with van der Waals surface area (Å²) in [5.74, 6) is -0.731. The largest absolute Gasteiger partial charge is 0.507 e. The number of para-hydroxylation sites is 1. The Bertz CT molecular complexity index is 3260. The van der Waals surface area contributed by atoms with Crippen molar-refractivity contribution in [1.29, 1.82) is 0 Å². The maximum atomic E-state index is 11.9. The molecule has 0 aliphatic heterocycles. The molecule has 0 saturated heterocycles. The Morgan fingerprint density at radius 2 is 1.26 bits per heavy atom. The van der Waals surface area contributed by atoms with E-state index < -0.39 is 11.8 Å². The zero-order valence-electron chi connectivity index (χ0n) is 40.6. The number of aryl methyl sites for hydroxylation is 2. The van der Waals surface area contributed by atoms with Crippen LogP contribution in [-0.2, 0) is 26.5 Å². The van der Waals surface area contributed by atoms with Crippen molar-refractivity contribution in [2.24, 2.45) is 0 Å². The first-order chi connectivity index (χ1) is 31.3. The van der Waals surface area contributed by atoms with Gasteiger partial charge in [0.05, 0.1) is 22.3 Å². The molecule has 65 heavy (non-hydrogen) atoms. The Morgan fingerprint density at radius 3 is 1.95 bits per heavy atom. The fourth-order valence-electron chi connectivity index (χ4n) is 8.70. The normalized spacial score (nSPS) is 12.4. The Morgan fingerprint density at radius 1 is 0.600 bits per heavy atom. The minimum Gasteiger partial charge on any atom is -0.507 e. The van der Waals surface area contributed by atoms with E-state index in [1.807, 2.05) is 90.2 Å². The molecule has 0 amide bonds. The van der Waals surface area contributed by atoms with E-state index in [1.165, 1.54) is 5.56 Å². The number of fused-ring (bicyclic) bond motifs is 1. The first-order valence-electron chi connectivity index (χ1n) is 23.1. The van der Waals surface area contributed by atoms with Crippen molar-refractivity contribution in [2.45, 2.75) is 79.5 Å². The van der Waals surface area contributed by atoms with Crippen molar-refractivity contribution >= 4 is 11.0 Å². The second-order valence-corrected chi connectivity index (χ2v) is 18.6. The van der Waals surface area contributed by atoms with Crippen LogP contribution in [0.15, 0.2) is 158 Å². The number of benzene rings is 7. The van der Waals surface area contributed by atoms with E-state index in [0.29, 0.717) is 11.4 Å². The number of aromatic hydroxyl groups is 1. The van der Waals surface area contributed by atoms with Gasteiger partial charge in [0.25, 0.3) is 0 Å². The minimum atomic E-state index is -0.840. The molecule has 9 aromatic rings. The average molecular weight is 1030 g/mol. The van der Waals surface area contributed by atoms with E-state index in [-0.39, 0.29) is 32.2 Å². The third kappa shape index (κ3) is 9.02. The van der Waals surface area contributed by atoms with Gasteiger partial charge in [-0.25, -0.2) is 4.98 Å². The third-order valence-electron chi connectivity index (χ3n) is 12.3. The molecular formula is C60H56N3OPt-. The van der Waals surface area contributed by atoms with Crippen molar-refractivity contribution < 1.29 is 28.9 Å². The smallest absolute Gasteiger partial charge is 0.148 e. The van der Waals surface area contributed by atoms with E-state index in [9.17, 15) is 5.11 Å². The van der Waals surface area contributed by atoms with E-state index in [4.69, 9.17) is 12.7 Å². The van der Waals surface area contributed by atoms with Crippen LogP contribution in [0.4, 0.5) is 0 Å². The van der Waals surface area contributed by atoms with Crippen LogP contribution in [0.25, 0.3) is 83.9 Å². The molecule has 0 bridgehead atoms. The number of nitrogens with zero attached hydrogens (tertiary/aromatic N) is 3. The van der Waals surface area contributed by atoms with Crippen molar-refractivity contribution in [3.63, 3.8) is 0 Å². The van der Waals surface area contributed by atoms with Crippen LogP contribution in [0.3, 0.4) is 0 Å². The monoisotopic (exact) mass is 1030 g/mol. The zero-order chi connectivity index (χ0) is 46.7. The molecule has 1 N–H and O–H groups in total. The van der Waals surface area contributed by atoms with Crippen molar-refractivity contribution in [3.05, 3.63) is 192 Å². The number of phenolic OH excluding ortho intramolecular Hbond substituents is 1. The molecule has 2 heterocycles. The van der Waals surface area contributed by atoms with Crippen molar-refractivity contribution in [2.75, 3.05) is 0 Å². The van der Waals surface area contributed by atoms with Gasteiger partial charge in [-0.15, -0.1) is 23.8 Å². The number of rotatable bonds is 9. The summed E-state index contributed by atoms with van der Waals surface area (Å²) in [5, 5.41) is 11.9. The molecule has 7 aromatic carbocycles. The molecule has 0 radical (unpaired) electrons. The van der Waals surface area contributed by atoms with Crippen LogP contribution >= 0.6 is 0 Å². The molecule has 2 aromatic heterocycles. The maximum Gasteiger partial charge on any atom is 0.148 e. The number of pyridine rings is 1. The van der Waals surface area contributed by atoms with Gasteiger partial charge in [-0.1, -0.05) is 174 Å². The van der Waals surface area contributed by atoms with Crippen LogP contribution in [0.2, 0.25) is 0 Å². The third-order valence-corrected chi connectivity index (χ3v) is 12.3. The van der Waals surface area contributed by atoms with Crippen LogP contribution < -0.4 is 0 Å². The second-order valence-electron chi connectivity index (χ2n) is 18.6. The summed E-state index contributed by atoms with van der Waals surface area (Å²) in [7, 11) is 0. The van der Waals surface area contributed by atoms with Crippen molar-refractivity contribution in [3.8, 4) is 78.6 Å². The molecule has 0 saturated carbocycles. The molecule has 0 unspecified atom stereocenters. The molecular weight excluding hydrogens is 974 g/mol. The Labute approximate surface area is 402 Å². The average Bonchev–Trinajstić information content (AvgIpc) is 3.69. The predicted octanol–water partition coefficient (Wildman–Crippen LogP) is 16.1. The SMILES string of the molecule is [2H]C(C)(C)c1ccc(-c2ccnc(-c3[c-]c(-c4cccc5c4nc(-c4cc(C)cc(C)c4O)n5-c4ccc(C([2H])(C)C)cc4-c4ccc(C(C)(C)C)cc4)cc(-c4ccccc4)c3)c2)cc1.[Pt]. The van der Waals surface area contributed by atoms with Gasteiger partial charge < -0.3 is 5.11 Å². The van der Waals surface area contributed by atoms with Gasteiger partial charge >= 0.3 is 0 Å². The van der Waals surface area contributed by atoms with E-state index in [0.717, 1.165) is 94.7 Å². The topological polar surface area (TPSA) is 50.9 Å². The van der Waals surface area contributed by atoms with Crippen LogP contribution in [0, 0.1) is 19.9 Å². The van der Waals surface area contributed by atoms with Crippen LogP contribution in [0.5, 0.6) is 5.75 Å². The molecule has 328 valence electrons. The number of imidazole rings is 1. The maximum absolute atomic E-state index is 11.9. The van der Waals surface area contributed by atoms with Gasteiger partial charge in [0.2, 0.25) is 0 Å². The first-order valence-corrected chi connectivity index (χ1v) is 22.1. The molecule has 0 aliphatic rings. The Balaban J connectivity index is 0.00000608. The standard InChI is InChI=1S/C60H56N3O.Pt/c1-37(2)41-18-20-43(21-19-41)46-28-29-61-54(36-46)49-33-47(42-14-11-10-12-15-42)32-48(34-49)51-16-13-17-56-57(51)62-59(53-31-39(5)30-40(6)58(53)64)63(56)55-27-24-45(38(3)4)35-52(55)44-22-25-50(26-23-44)60(7,8)9;/h10-33,35-38,64H,1-9H3;/q-1;/i37D,38D;. The molecule has 0 spiro atoms. The van der Waals surface area contributed by atoms with Gasteiger partial charge in [-0.2, -0.15) is 0 Å². The number of hydrogen-bond donors (Lipinski definition) is 1. The fraction of sp³-hybridized carbons (Fsp3) is 0.200. The van der Waals surface area contributed by atoms with E-state index in [1.54, 1.807) is 0 Å². The fourth-order valence-corrected chi connectivity index (χ4v) is 8.70. The summed E-state index contributed by atoms with van der Waals surface area (Å²) in [6.45, 7) is 18.3. The summed E-state index contributed by atoms with van der Waals surface area (Å²) in [6.07, 6.45) is 1.85. The predicted molar refractivity (Wildman–Crippen MR) is 268 cm³/mol. The van der Waals surface area contributed by atoms with Gasteiger partial charge in [0.1, 0.15) is 11.6 Å². The summed E-state index contributed by atoms with van der Waals surface area (Å²) < 4.78 is 19.8. The quantitative estimate of drug-likeness (QED) is 0.147. The van der Waals surface area contributed by atoms with Gasteiger partial charge in [0, 0.05) is 41.3 Å². The van der Waals surface area contributed by atoms with Gasteiger partial charge in [-0.3, -0.25) is 9.55 Å². The zero-order valence-corrected chi connectivity index (χ0v) is 40.9. The number of hydrogen-bond acceptors (Lipinski definition) is 3. The van der Waals surface area contributed by atoms with Gasteiger partial charge in [0.15, 0.2) is 0 Å². The summed E-state index contributed by atoms with van der Waals surface area (Å²) in [4.78, 5) is 10.4. The molecule has 0 aliphatic carbocycles. The first kappa shape index (κ1) is 42.6. The second kappa shape index (κ2) is 18.3. The van der Waals surface area contributed by atoms with E-state index >= 15 is 0 Å². The molecule has 5 heteroatoms. The Hall–Kier alpha value is -6.35.